The molecule has 108 valence electrons. The van der Waals surface area contributed by atoms with Crippen molar-refractivity contribution in [2.45, 2.75) is 13.5 Å². The van der Waals surface area contributed by atoms with Crippen molar-refractivity contribution >= 4 is 5.97 Å². The van der Waals surface area contributed by atoms with Crippen molar-refractivity contribution in [3.05, 3.63) is 35.9 Å². The Kier molecular flexibility index (Phi) is 3.76. The van der Waals surface area contributed by atoms with Crippen LogP contribution >= 0.6 is 0 Å². The van der Waals surface area contributed by atoms with Crippen molar-refractivity contribution in [3.8, 4) is 0 Å². The largest absolute Gasteiger partial charge is 0.466 e. The summed E-state index contributed by atoms with van der Waals surface area (Å²) in [5, 5.41) is 0. The summed E-state index contributed by atoms with van der Waals surface area (Å²) < 4.78 is 10.6. The lowest BCUT2D eigenvalue weighted by Crippen LogP contribution is -2.51. The van der Waals surface area contributed by atoms with Crippen molar-refractivity contribution in [3.63, 3.8) is 0 Å². The molecule has 0 amide bonds. The standard InChI is InChI=1S/C16H21NO3/c1-2-20-15(18)14-9-17(10-16(14)11-19-12-16)8-13-6-4-3-5-7-13/h3-7,14H,2,8-12H2,1H3/t14-/m0/s1. The summed E-state index contributed by atoms with van der Waals surface area (Å²) in [5.41, 5.74) is 1.27. The van der Waals surface area contributed by atoms with Crippen molar-refractivity contribution in [2.24, 2.45) is 11.3 Å². The first-order chi connectivity index (χ1) is 9.73. The third kappa shape index (κ3) is 2.45. The topological polar surface area (TPSA) is 38.8 Å². The number of hydrogen-bond donors (Lipinski definition) is 0. The fraction of sp³-hybridized carbons (Fsp3) is 0.562. The number of esters is 1. The van der Waals surface area contributed by atoms with Crippen LogP contribution in [-0.4, -0.2) is 43.8 Å². The highest BCUT2D eigenvalue weighted by atomic mass is 16.5. The van der Waals surface area contributed by atoms with Crippen LogP contribution in [0, 0.1) is 11.3 Å². The summed E-state index contributed by atoms with van der Waals surface area (Å²) in [7, 11) is 0. The van der Waals surface area contributed by atoms with Crippen LogP contribution < -0.4 is 0 Å². The molecule has 2 aliphatic rings. The van der Waals surface area contributed by atoms with Crippen LogP contribution in [0.15, 0.2) is 30.3 Å². The number of carbonyl (C=O) groups is 1. The lowest BCUT2D eigenvalue weighted by Gasteiger charge is -2.41. The smallest absolute Gasteiger partial charge is 0.311 e. The van der Waals surface area contributed by atoms with E-state index in [0.717, 1.165) is 19.6 Å². The Morgan fingerprint density at radius 2 is 2.15 bits per heavy atom. The molecule has 1 spiro atoms. The maximum Gasteiger partial charge on any atom is 0.311 e. The van der Waals surface area contributed by atoms with Gasteiger partial charge in [-0.3, -0.25) is 9.69 Å². The summed E-state index contributed by atoms with van der Waals surface area (Å²) in [4.78, 5) is 14.5. The minimum absolute atomic E-state index is 0.0129. The molecule has 20 heavy (non-hydrogen) atoms. The highest BCUT2D eigenvalue weighted by molar-refractivity contribution is 5.74. The van der Waals surface area contributed by atoms with Gasteiger partial charge in [-0.25, -0.2) is 0 Å². The quantitative estimate of drug-likeness (QED) is 0.784. The Morgan fingerprint density at radius 1 is 1.40 bits per heavy atom. The average Bonchev–Trinajstić information content (AvgIpc) is 2.80. The lowest BCUT2D eigenvalue weighted by molar-refractivity contribution is -0.169. The Morgan fingerprint density at radius 3 is 2.75 bits per heavy atom. The third-order valence-corrected chi connectivity index (χ3v) is 4.32. The van der Waals surface area contributed by atoms with Gasteiger partial charge in [-0.2, -0.15) is 0 Å². The second-order valence-corrected chi connectivity index (χ2v) is 5.82. The van der Waals surface area contributed by atoms with E-state index in [1.807, 2.05) is 13.0 Å². The SMILES string of the molecule is CCOC(=O)[C@@H]1CN(Cc2ccccc2)CC12COC2. The molecule has 0 N–H and O–H groups in total. The maximum atomic E-state index is 12.1. The van der Waals surface area contributed by atoms with Crippen LogP contribution in [0.5, 0.6) is 0 Å². The Labute approximate surface area is 119 Å². The highest BCUT2D eigenvalue weighted by Gasteiger charge is 2.55. The second-order valence-electron chi connectivity index (χ2n) is 5.82. The summed E-state index contributed by atoms with van der Waals surface area (Å²) in [6, 6.07) is 10.4. The van der Waals surface area contributed by atoms with Gasteiger partial charge in [0.25, 0.3) is 0 Å². The predicted octanol–water partition coefficient (Wildman–Crippen LogP) is 1.70. The zero-order valence-corrected chi connectivity index (χ0v) is 11.9. The van der Waals surface area contributed by atoms with Gasteiger partial charge >= 0.3 is 5.97 Å². The monoisotopic (exact) mass is 275 g/mol. The molecule has 1 aromatic carbocycles. The van der Waals surface area contributed by atoms with E-state index in [1.54, 1.807) is 0 Å². The molecule has 2 heterocycles. The van der Waals surface area contributed by atoms with Crippen LogP contribution in [0.25, 0.3) is 0 Å². The van der Waals surface area contributed by atoms with E-state index < -0.39 is 0 Å². The molecular weight excluding hydrogens is 254 g/mol. The molecule has 0 unspecified atom stereocenters. The van der Waals surface area contributed by atoms with Crippen molar-refractivity contribution in [1.29, 1.82) is 0 Å². The number of benzene rings is 1. The van der Waals surface area contributed by atoms with E-state index in [4.69, 9.17) is 9.47 Å². The molecule has 1 atom stereocenters. The molecule has 4 nitrogen and oxygen atoms in total. The van der Waals surface area contributed by atoms with Gasteiger partial charge in [0.05, 0.1) is 25.7 Å². The fourth-order valence-electron chi connectivity index (χ4n) is 3.26. The van der Waals surface area contributed by atoms with Gasteiger partial charge < -0.3 is 9.47 Å². The van der Waals surface area contributed by atoms with E-state index in [9.17, 15) is 4.79 Å². The molecule has 1 aromatic rings. The maximum absolute atomic E-state index is 12.1. The molecular formula is C16H21NO3. The summed E-state index contributed by atoms with van der Waals surface area (Å²) >= 11 is 0. The Hall–Kier alpha value is -1.39. The number of nitrogens with zero attached hydrogens (tertiary/aromatic N) is 1. The summed E-state index contributed by atoms with van der Waals surface area (Å²) in [6.45, 7) is 6.26. The van der Waals surface area contributed by atoms with Gasteiger partial charge in [0.15, 0.2) is 0 Å². The van der Waals surface area contributed by atoms with Gasteiger partial charge in [-0.1, -0.05) is 30.3 Å². The van der Waals surface area contributed by atoms with E-state index >= 15 is 0 Å². The molecule has 0 radical (unpaired) electrons. The molecule has 0 saturated carbocycles. The van der Waals surface area contributed by atoms with Gasteiger partial charge in [0.1, 0.15) is 0 Å². The lowest BCUT2D eigenvalue weighted by atomic mass is 9.76. The first-order valence-corrected chi connectivity index (χ1v) is 7.24. The second kappa shape index (κ2) is 5.54. The highest BCUT2D eigenvalue weighted by Crippen LogP contribution is 2.43. The molecule has 3 rings (SSSR count). The van der Waals surface area contributed by atoms with E-state index in [0.29, 0.717) is 19.8 Å². The van der Waals surface area contributed by atoms with Crippen molar-refractivity contribution < 1.29 is 14.3 Å². The molecule has 0 bridgehead atoms. The molecule has 4 heteroatoms. The van der Waals surface area contributed by atoms with E-state index in [1.165, 1.54) is 5.56 Å². The van der Waals surface area contributed by atoms with Crippen molar-refractivity contribution in [2.75, 3.05) is 32.9 Å². The molecule has 2 saturated heterocycles. The van der Waals surface area contributed by atoms with Crippen LogP contribution in [-0.2, 0) is 20.8 Å². The summed E-state index contributed by atoms with van der Waals surface area (Å²) in [5.74, 6) is -0.105. The normalized spacial score (nSPS) is 24.6. The zero-order valence-electron chi connectivity index (χ0n) is 11.9. The molecule has 0 aromatic heterocycles. The number of rotatable bonds is 4. The number of hydrogen-bond acceptors (Lipinski definition) is 4. The number of likely N-dealkylation sites (tertiary alicyclic amines) is 1. The van der Waals surface area contributed by atoms with Gasteiger partial charge in [0.2, 0.25) is 0 Å². The van der Waals surface area contributed by atoms with E-state index in [-0.39, 0.29) is 17.3 Å². The predicted molar refractivity (Wildman–Crippen MR) is 75.1 cm³/mol. The van der Waals surface area contributed by atoms with Crippen LogP contribution in [0.1, 0.15) is 12.5 Å². The van der Waals surface area contributed by atoms with Crippen LogP contribution in [0.4, 0.5) is 0 Å². The minimum Gasteiger partial charge on any atom is -0.466 e. The zero-order chi connectivity index (χ0) is 14.0. The first-order valence-electron chi connectivity index (χ1n) is 7.24. The Balaban J connectivity index is 1.69. The van der Waals surface area contributed by atoms with Gasteiger partial charge in [-0.05, 0) is 12.5 Å². The van der Waals surface area contributed by atoms with Gasteiger partial charge in [-0.15, -0.1) is 0 Å². The number of carbonyl (C=O) groups excluding carboxylic acids is 1. The molecule has 2 aliphatic heterocycles. The molecule has 0 aliphatic carbocycles. The van der Waals surface area contributed by atoms with Crippen LogP contribution in [0.2, 0.25) is 0 Å². The third-order valence-electron chi connectivity index (χ3n) is 4.32. The minimum atomic E-state index is -0.0636. The van der Waals surface area contributed by atoms with Gasteiger partial charge in [0, 0.05) is 25.0 Å². The Bertz CT molecular complexity index is 470. The fourth-order valence-corrected chi connectivity index (χ4v) is 3.26. The average molecular weight is 275 g/mol. The van der Waals surface area contributed by atoms with E-state index in [2.05, 4.69) is 29.2 Å². The molecule has 2 fully saturated rings. The summed E-state index contributed by atoms with van der Waals surface area (Å²) in [6.07, 6.45) is 0. The first kappa shape index (κ1) is 13.6. The van der Waals surface area contributed by atoms with Crippen molar-refractivity contribution in [1.82, 2.24) is 4.90 Å². The number of ether oxygens (including phenoxy) is 2. The van der Waals surface area contributed by atoms with Crippen LogP contribution in [0.3, 0.4) is 0 Å².